The van der Waals surface area contributed by atoms with E-state index < -0.39 is 0 Å². The molecule has 5 heteroatoms. The molecule has 1 rings (SSSR count). The zero-order valence-corrected chi connectivity index (χ0v) is 11.8. The predicted octanol–water partition coefficient (Wildman–Crippen LogP) is 0.738. The number of carbonyl (C=O) groups excluding carboxylic acids is 2. The fourth-order valence-electron chi connectivity index (χ4n) is 2.27. The van der Waals surface area contributed by atoms with Crippen LogP contribution in [0.3, 0.4) is 0 Å². The number of likely N-dealkylation sites (tertiary alicyclic amines) is 1. The molecule has 1 aliphatic heterocycles. The Morgan fingerprint density at radius 1 is 1.33 bits per heavy atom. The number of nitrogens with zero attached hydrogens (tertiary/aromatic N) is 2. The third-order valence-electron chi connectivity index (χ3n) is 3.48. The van der Waals surface area contributed by atoms with E-state index in [2.05, 4.69) is 0 Å². The number of hydrogen-bond donors (Lipinski definition) is 0. The molecular formula is C13H24N2O3. The summed E-state index contributed by atoms with van der Waals surface area (Å²) in [5, 5.41) is 0. The summed E-state index contributed by atoms with van der Waals surface area (Å²) in [5.74, 6) is 0.264. The molecule has 0 N–H and O–H groups in total. The second-order valence-electron chi connectivity index (χ2n) is 5.15. The van der Waals surface area contributed by atoms with Crippen LogP contribution in [0, 0.1) is 5.92 Å². The van der Waals surface area contributed by atoms with E-state index >= 15 is 0 Å². The summed E-state index contributed by atoms with van der Waals surface area (Å²) in [4.78, 5) is 27.2. The number of likely N-dealkylation sites (N-methyl/N-ethyl adjacent to an activating group) is 1. The molecule has 0 bridgehead atoms. The van der Waals surface area contributed by atoms with Crippen molar-refractivity contribution in [2.24, 2.45) is 5.92 Å². The lowest BCUT2D eigenvalue weighted by Gasteiger charge is -2.37. The quantitative estimate of drug-likeness (QED) is 0.745. The Hall–Kier alpha value is -1.10. The number of hydrogen-bond acceptors (Lipinski definition) is 3. The Morgan fingerprint density at radius 2 is 1.89 bits per heavy atom. The van der Waals surface area contributed by atoms with E-state index in [0.29, 0.717) is 0 Å². The Balaban J connectivity index is 2.44. The average Bonchev–Trinajstić information content (AvgIpc) is 2.37. The van der Waals surface area contributed by atoms with Gasteiger partial charge in [0.15, 0.2) is 0 Å². The monoisotopic (exact) mass is 256 g/mol. The van der Waals surface area contributed by atoms with Gasteiger partial charge in [-0.1, -0.05) is 13.8 Å². The van der Waals surface area contributed by atoms with Crippen LogP contribution in [-0.2, 0) is 14.3 Å². The third kappa shape index (κ3) is 3.70. The van der Waals surface area contributed by atoms with Gasteiger partial charge in [-0.05, 0) is 12.8 Å². The van der Waals surface area contributed by atoms with Gasteiger partial charge in [0.05, 0.1) is 0 Å². The van der Waals surface area contributed by atoms with Gasteiger partial charge in [-0.15, -0.1) is 0 Å². The van der Waals surface area contributed by atoms with Gasteiger partial charge in [0, 0.05) is 39.2 Å². The summed E-state index contributed by atoms with van der Waals surface area (Å²) in [6.45, 7) is 5.45. The number of rotatable bonds is 4. The molecule has 2 amide bonds. The van der Waals surface area contributed by atoms with E-state index in [4.69, 9.17) is 4.74 Å². The largest absolute Gasteiger partial charge is 0.375 e. The van der Waals surface area contributed by atoms with Crippen molar-refractivity contribution in [3.05, 3.63) is 0 Å². The van der Waals surface area contributed by atoms with Crippen molar-refractivity contribution in [1.29, 1.82) is 0 Å². The van der Waals surface area contributed by atoms with Crippen LogP contribution in [0.2, 0.25) is 0 Å². The van der Waals surface area contributed by atoms with Gasteiger partial charge in [0.1, 0.15) is 6.61 Å². The molecule has 0 atom stereocenters. The van der Waals surface area contributed by atoms with Crippen LogP contribution < -0.4 is 0 Å². The Kier molecular flexibility index (Phi) is 5.59. The van der Waals surface area contributed by atoms with E-state index in [1.165, 1.54) is 7.11 Å². The predicted molar refractivity (Wildman–Crippen MR) is 69.1 cm³/mol. The van der Waals surface area contributed by atoms with Crippen LogP contribution in [0.5, 0.6) is 0 Å². The van der Waals surface area contributed by atoms with E-state index in [9.17, 15) is 9.59 Å². The zero-order chi connectivity index (χ0) is 13.7. The topological polar surface area (TPSA) is 49.9 Å². The molecule has 1 aliphatic rings. The molecule has 18 heavy (non-hydrogen) atoms. The summed E-state index contributed by atoms with van der Waals surface area (Å²) in [5.41, 5.74) is 0. The molecular weight excluding hydrogens is 232 g/mol. The van der Waals surface area contributed by atoms with E-state index in [1.54, 1.807) is 4.90 Å². The lowest BCUT2D eigenvalue weighted by Crippen LogP contribution is -2.48. The zero-order valence-electron chi connectivity index (χ0n) is 11.8. The van der Waals surface area contributed by atoms with Crippen LogP contribution in [0.1, 0.15) is 26.7 Å². The average molecular weight is 256 g/mol. The lowest BCUT2D eigenvalue weighted by atomic mass is 10.0. The molecule has 0 saturated carbocycles. The maximum atomic E-state index is 11.8. The second kappa shape index (κ2) is 6.73. The van der Waals surface area contributed by atoms with Crippen molar-refractivity contribution < 1.29 is 14.3 Å². The van der Waals surface area contributed by atoms with Crippen LogP contribution in [0.25, 0.3) is 0 Å². The summed E-state index contributed by atoms with van der Waals surface area (Å²) >= 11 is 0. The van der Waals surface area contributed by atoms with Crippen LogP contribution >= 0.6 is 0 Å². The summed E-state index contributed by atoms with van der Waals surface area (Å²) in [7, 11) is 3.33. The first-order valence-electron chi connectivity index (χ1n) is 6.50. The van der Waals surface area contributed by atoms with E-state index in [-0.39, 0.29) is 30.4 Å². The van der Waals surface area contributed by atoms with Crippen molar-refractivity contribution in [2.75, 3.05) is 33.9 Å². The minimum Gasteiger partial charge on any atom is -0.375 e. The first-order chi connectivity index (χ1) is 8.47. The SMILES string of the molecule is COCC(=O)N(C)C1CCN(C(=O)C(C)C)CC1. The fraction of sp³-hybridized carbons (Fsp3) is 0.846. The molecule has 1 saturated heterocycles. The fourth-order valence-corrected chi connectivity index (χ4v) is 2.27. The lowest BCUT2D eigenvalue weighted by molar-refractivity contribution is -0.139. The van der Waals surface area contributed by atoms with Crippen molar-refractivity contribution >= 4 is 11.8 Å². The Labute approximate surface area is 109 Å². The molecule has 0 spiro atoms. The summed E-state index contributed by atoms with van der Waals surface area (Å²) in [6, 6.07) is 0.226. The summed E-state index contributed by atoms with van der Waals surface area (Å²) in [6.07, 6.45) is 1.70. The van der Waals surface area contributed by atoms with Crippen LogP contribution in [-0.4, -0.2) is 61.5 Å². The Bertz CT molecular complexity index is 297. The molecule has 1 heterocycles. The Morgan fingerprint density at radius 3 is 2.33 bits per heavy atom. The molecule has 0 aliphatic carbocycles. The first kappa shape index (κ1) is 15.0. The standard InChI is InChI=1S/C13H24N2O3/c1-10(2)13(17)15-7-5-11(6-8-15)14(3)12(16)9-18-4/h10-11H,5-9H2,1-4H3. The van der Waals surface area contributed by atoms with Gasteiger partial charge in [-0.3, -0.25) is 9.59 Å². The van der Waals surface area contributed by atoms with E-state index in [1.807, 2.05) is 25.8 Å². The van der Waals surface area contributed by atoms with Crippen molar-refractivity contribution in [1.82, 2.24) is 9.80 Å². The molecule has 104 valence electrons. The van der Waals surface area contributed by atoms with Gasteiger partial charge in [0.2, 0.25) is 11.8 Å². The van der Waals surface area contributed by atoms with Gasteiger partial charge >= 0.3 is 0 Å². The smallest absolute Gasteiger partial charge is 0.248 e. The van der Waals surface area contributed by atoms with Crippen molar-refractivity contribution in [3.63, 3.8) is 0 Å². The van der Waals surface area contributed by atoms with Crippen molar-refractivity contribution in [3.8, 4) is 0 Å². The summed E-state index contributed by atoms with van der Waals surface area (Å²) < 4.78 is 4.85. The third-order valence-corrected chi connectivity index (χ3v) is 3.48. The highest BCUT2D eigenvalue weighted by Gasteiger charge is 2.28. The molecule has 0 aromatic heterocycles. The maximum Gasteiger partial charge on any atom is 0.248 e. The van der Waals surface area contributed by atoms with Gasteiger partial charge in [0.25, 0.3) is 0 Å². The second-order valence-corrected chi connectivity index (χ2v) is 5.15. The highest BCUT2D eigenvalue weighted by atomic mass is 16.5. The highest BCUT2D eigenvalue weighted by Crippen LogP contribution is 2.17. The van der Waals surface area contributed by atoms with Crippen LogP contribution in [0.15, 0.2) is 0 Å². The number of ether oxygens (including phenoxy) is 1. The van der Waals surface area contributed by atoms with Gasteiger partial charge in [-0.2, -0.15) is 0 Å². The number of methoxy groups -OCH3 is 1. The minimum atomic E-state index is 0.00568. The van der Waals surface area contributed by atoms with Crippen LogP contribution in [0.4, 0.5) is 0 Å². The molecule has 0 unspecified atom stereocenters. The molecule has 1 fully saturated rings. The number of amides is 2. The molecule has 0 aromatic carbocycles. The van der Waals surface area contributed by atoms with Gasteiger partial charge in [-0.25, -0.2) is 0 Å². The molecule has 0 radical (unpaired) electrons. The van der Waals surface area contributed by atoms with Crippen molar-refractivity contribution in [2.45, 2.75) is 32.7 Å². The highest BCUT2D eigenvalue weighted by molar-refractivity contribution is 5.79. The molecule has 0 aromatic rings. The number of carbonyl (C=O) groups is 2. The van der Waals surface area contributed by atoms with E-state index in [0.717, 1.165) is 25.9 Å². The van der Waals surface area contributed by atoms with Gasteiger partial charge < -0.3 is 14.5 Å². The normalized spacial score (nSPS) is 17.1. The maximum absolute atomic E-state index is 11.8. The minimum absolute atomic E-state index is 0.00568. The molecule has 5 nitrogen and oxygen atoms in total. The first-order valence-corrected chi connectivity index (χ1v) is 6.50. The number of piperidine rings is 1.